The van der Waals surface area contributed by atoms with Crippen LogP contribution in [0.1, 0.15) is 23.4 Å². The number of anilines is 1. The highest BCUT2D eigenvalue weighted by Crippen LogP contribution is 2.26. The summed E-state index contributed by atoms with van der Waals surface area (Å²) in [5, 5.41) is 9.83. The Hall–Kier alpha value is -4.29. The average molecular weight is 580 g/mol. The minimum Gasteiger partial charge on any atom is -0.415 e. The Morgan fingerprint density at radius 3 is 2.33 bits per heavy atom. The van der Waals surface area contributed by atoms with Crippen LogP contribution in [0.3, 0.4) is 0 Å². The van der Waals surface area contributed by atoms with Crippen molar-refractivity contribution in [2.45, 2.75) is 19.4 Å². The van der Waals surface area contributed by atoms with Crippen LogP contribution in [0.25, 0.3) is 11.5 Å². The Balaban J connectivity index is 1.14. The minimum absolute atomic E-state index is 0.0375. The van der Waals surface area contributed by atoms with Crippen LogP contribution in [-0.2, 0) is 13.0 Å². The van der Waals surface area contributed by atoms with E-state index in [9.17, 15) is 13.6 Å². The molecule has 3 heterocycles. The number of nitrogens with zero attached hydrogens (tertiary/aromatic N) is 6. The van der Waals surface area contributed by atoms with Crippen molar-refractivity contribution in [1.29, 1.82) is 0 Å². The van der Waals surface area contributed by atoms with Gasteiger partial charge in [0.05, 0.1) is 6.54 Å². The first-order valence-corrected chi connectivity index (χ1v) is 13.8. The number of alkyl halides is 2. The topological polar surface area (TPSA) is 90.6 Å². The quantitative estimate of drug-likeness (QED) is 0.273. The molecule has 42 heavy (non-hydrogen) atoms. The van der Waals surface area contributed by atoms with Gasteiger partial charge in [-0.2, -0.15) is 8.78 Å². The number of nitrogens with one attached hydrogen (secondary N) is 1. The minimum atomic E-state index is -2.92. The molecule has 2 amide bonds. The molecule has 220 valence electrons. The Labute approximate surface area is 242 Å². The number of pyridine rings is 1. The molecule has 0 spiro atoms. The second kappa shape index (κ2) is 14.1. The van der Waals surface area contributed by atoms with Crippen LogP contribution < -0.4 is 10.2 Å². The van der Waals surface area contributed by atoms with E-state index in [1.807, 2.05) is 30.6 Å². The maximum atomic E-state index is 15.1. The molecule has 1 N–H and O–H groups in total. The molecule has 0 bridgehead atoms. The fourth-order valence-electron chi connectivity index (χ4n) is 4.80. The van der Waals surface area contributed by atoms with E-state index < -0.39 is 18.1 Å². The summed E-state index contributed by atoms with van der Waals surface area (Å²) in [6, 6.07) is 16.9. The lowest BCUT2D eigenvalue weighted by Gasteiger charge is -2.34. The number of hydrogen-bond acceptors (Lipinski definition) is 7. The molecule has 0 unspecified atom stereocenters. The fourth-order valence-corrected chi connectivity index (χ4v) is 4.80. The number of hydrogen-bond donors (Lipinski definition) is 1. The molecule has 1 aliphatic rings. The smallest absolute Gasteiger partial charge is 0.322 e. The molecular formula is C30H32F3N7O2. The highest BCUT2D eigenvalue weighted by atomic mass is 19.3. The second-order valence-electron chi connectivity index (χ2n) is 9.99. The van der Waals surface area contributed by atoms with E-state index >= 15 is 4.39 Å². The van der Waals surface area contributed by atoms with Crippen molar-refractivity contribution in [2.24, 2.45) is 0 Å². The molecule has 1 fully saturated rings. The highest BCUT2D eigenvalue weighted by Gasteiger charge is 2.21. The standard InChI is InChI=1S/C30H32F3N7O2/c31-26-20-23(28-36-37-29(42-28)27(32)33)6-7-24(26)21-40(25-4-2-1-3-5-25)30(41)35-13-15-39-18-16-38(17-19-39)14-10-22-8-11-34-12-9-22/h1-9,11-12,20,27H,10,13-19,21H2,(H,35,41). The van der Waals surface area contributed by atoms with E-state index in [4.69, 9.17) is 4.42 Å². The van der Waals surface area contributed by atoms with E-state index in [-0.39, 0.29) is 29.6 Å². The first-order valence-electron chi connectivity index (χ1n) is 13.8. The van der Waals surface area contributed by atoms with E-state index in [1.54, 1.807) is 24.3 Å². The van der Waals surface area contributed by atoms with Gasteiger partial charge in [-0.25, -0.2) is 9.18 Å². The van der Waals surface area contributed by atoms with Gasteiger partial charge in [-0.15, -0.1) is 10.2 Å². The zero-order valence-corrected chi connectivity index (χ0v) is 23.0. The summed E-state index contributed by atoms with van der Waals surface area (Å²) in [5.74, 6) is -1.66. The SMILES string of the molecule is O=C(NCCN1CCN(CCc2ccncc2)CC1)N(Cc1ccc(-c2nnc(C(F)F)o2)cc1F)c1ccccc1. The number of piperazine rings is 1. The number of rotatable bonds is 11. The van der Waals surface area contributed by atoms with Gasteiger partial charge < -0.3 is 14.6 Å². The van der Waals surface area contributed by atoms with Crippen LogP contribution >= 0.6 is 0 Å². The lowest BCUT2D eigenvalue weighted by Crippen LogP contribution is -2.49. The van der Waals surface area contributed by atoms with Crippen molar-refractivity contribution in [1.82, 2.24) is 30.3 Å². The summed E-state index contributed by atoms with van der Waals surface area (Å²) in [7, 11) is 0. The van der Waals surface area contributed by atoms with Gasteiger partial charge in [-0.3, -0.25) is 14.8 Å². The monoisotopic (exact) mass is 579 g/mol. The first-order chi connectivity index (χ1) is 20.5. The van der Waals surface area contributed by atoms with Crippen molar-refractivity contribution in [3.8, 4) is 11.5 Å². The Morgan fingerprint density at radius 2 is 1.67 bits per heavy atom. The van der Waals surface area contributed by atoms with Crippen molar-refractivity contribution in [3.63, 3.8) is 0 Å². The van der Waals surface area contributed by atoms with E-state index in [0.717, 1.165) is 45.2 Å². The number of amides is 2. The highest BCUT2D eigenvalue weighted by molar-refractivity contribution is 5.91. The Kier molecular flexibility index (Phi) is 9.78. The van der Waals surface area contributed by atoms with Gasteiger partial charge in [0.25, 0.3) is 5.89 Å². The van der Waals surface area contributed by atoms with Crippen LogP contribution in [0.4, 0.5) is 23.7 Å². The normalized spacial score (nSPS) is 14.3. The lowest BCUT2D eigenvalue weighted by molar-refractivity contribution is 0.116. The van der Waals surface area contributed by atoms with Crippen molar-refractivity contribution < 1.29 is 22.4 Å². The summed E-state index contributed by atoms with van der Waals surface area (Å²) in [5.41, 5.74) is 2.31. The molecule has 1 aliphatic heterocycles. The number of urea groups is 1. The van der Waals surface area contributed by atoms with Crippen molar-refractivity contribution in [3.05, 3.63) is 95.9 Å². The van der Waals surface area contributed by atoms with Crippen molar-refractivity contribution in [2.75, 3.05) is 50.7 Å². The van der Waals surface area contributed by atoms with E-state index in [2.05, 4.69) is 30.3 Å². The number of para-hydroxylation sites is 1. The van der Waals surface area contributed by atoms with Crippen LogP contribution in [0.15, 0.2) is 77.5 Å². The van der Waals surface area contributed by atoms with E-state index in [1.165, 1.54) is 22.6 Å². The van der Waals surface area contributed by atoms with Gasteiger partial charge >= 0.3 is 12.5 Å². The number of carbonyl (C=O) groups excluding carboxylic acids is 1. The van der Waals surface area contributed by atoms with Gasteiger partial charge in [0.1, 0.15) is 5.82 Å². The first kappa shape index (κ1) is 29.2. The average Bonchev–Trinajstić information content (AvgIpc) is 3.52. The third-order valence-corrected chi connectivity index (χ3v) is 7.20. The summed E-state index contributed by atoms with van der Waals surface area (Å²) in [6.45, 7) is 5.91. The van der Waals surface area contributed by atoms with Gasteiger partial charge in [0.2, 0.25) is 5.89 Å². The summed E-state index contributed by atoms with van der Waals surface area (Å²) < 4.78 is 45.6. The molecule has 9 nitrogen and oxygen atoms in total. The molecule has 0 atom stereocenters. The van der Waals surface area contributed by atoms with Gasteiger partial charge in [-0.05, 0) is 48.4 Å². The van der Waals surface area contributed by atoms with Gasteiger partial charge in [0, 0.05) is 75.0 Å². The molecule has 5 rings (SSSR count). The predicted molar refractivity (Wildman–Crippen MR) is 151 cm³/mol. The molecule has 4 aromatic rings. The Bertz CT molecular complexity index is 1430. The zero-order chi connectivity index (χ0) is 29.3. The van der Waals surface area contributed by atoms with Crippen molar-refractivity contribution >= 4 is 11.7 Å². The molecule has 2 aromatic heterocycles. The fraction of sp³-hybridized carbons (Fsp3) is 0.333. The van der Waals surface area contributed by atoms with Crippen LogP contribution in [0.2, 0.25) is 0 Å². The van der Waals surface area contributed by atoms with Crippen LogP contribution in [0.5, 0.6) is 0 Å². The number of aromatic nitrogens is 3. The third-order valence-electron chi connectivity index (χ3n) is 7.20. The van der Waals surface area contributed by atoms with Crippen LogP contribution in [0, 0.1) is 5.82 Å². The molecular weight excluding hydrogens is 547 g/mol. The maximum Gasteiger partial charge on any atom is 0.322 e. The number of benzene rings is 2. The number of halogens is 3. The Morgan fingerprint density at radius 1 is 0.952 bits per heavy atom. The summed E-state index contributed by atoms with van der Waals surface area (Å²) in [4.78, 5) is 23.6. The third kappa shape index (κ3) is 7.71. The summed E-state index contributed by atoms with van der Waals surface area (Å²) >= 11 is 0. The lowest BCUT2D eigenvalue weighted by atomic mass is 10.1. The van der Waals surface area contributed by atoms with Gasteiger partial charge in [0.15, 0.2) is 0 Å². The molecule has 0 saturated carbocycles. The maximum absolute atomic E-state index is 15.1. The van der Waals surface area contributed by atoms with E-state index in [0.29, 0.717) is 18.8 Å². The molecule has 0 aliphatic carbocycles. The summed E-state index contributed by atoms with van der Waals surface area (Å²) in [6.07, 6.45) is 1.72. The zero-order valence-electron chi connectivity index (χ0n) is 23.0. The number of carbonyl (C=O) groups is 1. The van der Waals surface area contributed by atoms with Crippen LogP contribution in [-0.4, -0.2) is 76.8 Å². The van der Waals surface area contributed by atoms with Gasteiger partial charge in [-0.1, -0.05) is 24.3 Å². The molecule has 12 heteroatoms. The molecule has 1 saturated heterocycles. The largest absolute Gasteiger partial charge is 0.415 e. The predicted octanol–water partition coefficient (Wildman–Crippen LogP) is 4.78. The molecule has 0 radical (unpaired) electrons. The second-order valence-corrected chi connectivity index (χ2v) is 9.99. The molecule has 2 aromatic carbocycles.